The molecule has 1 N–H and O–H groups in total. The van der Waals surface area contributed by atoms with Gasteiger partial charge in [0.15, 0.2) is 11.6 Å². The van der Waals surface area contributed by atoms with Gasteiger partial charge in [0.05, 0.1) is 11.1 Å². The number of rotatable bonds is 5. The number of benzene rings is 2. The fraction of sp³-hybridized carbons (Fsp3) is 0.231. The number of alkyl halides is 3. The molecule has 0 saturated carbocycles. The minimum absolute atomic E-state index is 0.0575. The molecule has 0 radical (unpaired) electrons. The molecule has 0 heterocycles. The second-order valence-electron chi connectivity index (χ2n) is 8.14. The molecule has 9 heteroatoms. The van der Waals surface area contributed by atoms with Gasteiger partial charge in [-0.2, -0.15) is 13.2 Å². The van der Waals surface area contributed by atoms with Crippen LogP contribution in [0.5, 0.6) is 5.75 Å². The Morgan fingerprint density at radius 1 is 0.886 bits per heavy atom. The van der Waals surface area contributed by atoms with Crippen molar-refractivity contribution in [2.24, 2.45) is 0 Å². The van der Waals surface area contributed by atoms with E-state index in [1.165, 1.54) is 12.1 Å². The number of carbonyl (C=O) groups is 4. The van der Waals surface area contributed by atoms with E-state index in [2.05, 4.69) is 5.32 Å². The number of halogens is 3. The molecule has 0 unspecified atom stereocenters. The lowest BCUT2D eigenvalue weighted by molar-refractivity contribution is -0.137. The van der Waals surface area contributed by atoms with E-state index in [9.17, 15) is 32.3 Å². The number of Topliss-reactive ketones (excluding diaryl/α,β-unsaturated/α-hetero) is 2. The Bertz CT molecular complexity index is 1300. The summed E-state index contributed by atoms with van der Waals surface area (Å²) in [6, 6.07) is 8.23. The molecule has 0 bridgehead atoms. The number of ether oxygens (including phenoxy) is 1. The van der Waals surface area contributed by atoms with Crippen LogP contribution < -0.4 is 10.1 Å². The zero-order chi connectivity index (χ0) is 26.1. The van der Waals surface area contributed by atoms with Gasteiger partial charge >= 0.3 is 12.1 Å². The van der Waals surface area contributed by atoms with Gasteiger partial charge in [0, 0.05) is 41.3 Å². The number of anilines is 1. The second-order valence-corrected chi connectivity index (χ2v) is 8.14. The van der Waals surface area contributed by atoms with Crippen LogP contribution in [0.1, 0.15) is 49.2 Å². The van der Waals surface area contributed by atoms with Gasteiger partial charge in [-0.15, -0.1) is 0 Å². The number of allylic oxidation sites excluding steroid dienone is 4. The maximum absolute atomic E-state index is 13.0. The van der Waals surface area contributed by atoms with Gasteiger partial charge in [0.2, 0.25) is 0 Å². The molecule has 0 spiro atoms. The van der Waals surface area contributed by atoms with Gasteiger partial charge in [-0.3, -0.25) is 19.2 Å². The molecule has 0 atom stereocenters. The summed E-state index contributed by atoms with van der Waals surface area (Å²) in [6.45, 7) is 5.89. The molecule has 1 aliphatic carbocycles. The maximum atomic E-state index is 13.0. The third-order valence-corrected chi connectivity index (χ3v) is 5.70. The quantitative estimate of drug-likeness (QED) is 0.356. The average Bonchev–Trinajstić information content (AvgIpc) is 2.79. The normalized spacial score (nSPS) is 14.4. The summed E-state index contributed by atoms with van der Waals surface area (Å²) in [5, 5.41) is 2.48. The molecule has 0 aromatic heterocycles. The molecule has 0 saturated heterocycles. The standard InChI is InChI=1S/C26H22F3NO5/c1-13-14(2)24(33)20(15(3)23(13)32)11-17-5-10-22(35-16(4)31)21(12-17)25(34)30-19-8-6-18(7-9-19)26(27,28)29/h5-10,12H,11H2,1-4H3,(H,30,34). The summed E-state index contributed by atoms with van der Waals surface area (Å²) < 4.78 is 43.5. The summed E-state index contributed by atoms with van der Waals surface area (Å²) >= 11 is 0. The molecule has 35 heavy (non-hydrogen) atoms. The minimum Gasteiger partial charge on any atom is -0.426 e. The zero-order valence-electron chi connectivity index (χ0n) is 19.4. The third kappa shape index (κ3) is 5.56. The highest BCUT2D eigenvalue weighted by Gasteiger charge is 2.30. The molecule has 3 rings (SSSR count). The van der Waals surface area contributed by atoms with E-state index in [-0.39, 0.29) is 35.0 Å². The molecular weight excluding hydrogens is 463 g/mol. The smallest absolute Gasteiger partial charge is 0.416 e. The van der Waals surface area contributed by atoms with E-state index in [0.29, 0.717) is 27.9 Å². The molecule has 1 aliphatic rings. The molecule has 182 valence electrons. The third-order valence-electron chi connectivity index (χ3n) is 5.70. The maximum Gasteiger partial charge on any atom is 0.416 e. The Morgan fingerprint density at radius 2 is 1.49 bits per heavy atom. The van der Waals surface area contributed by atoms with Crippen molar-refractivity contribution in [3.05, 3.63) is 81.4 Å². The zero-order valence-corrected chi connectivity index (χ0v) is 19.4. The van der Waals surface area contributed by atoms with Crippen molar-refractivity contribution in [3.8, 4) is 5.75 Å². The number of carbonyl (C=O) groups excluding carboxylic acids is 4. The van der Waals surface area contributed by atoms with Crippen molar-refractivity contribution in [1.29, 1.82) is 0 Å². The number of nitrogens with one attached hydrogen (secondary N) is 1. The van der Waals surface area contributed by atoms with E-state index in [4.69, 9.17) is 4.74 Å². The lowest BCUT2D eigenvalue weighted by atomic mass is 9.83. The van der Waals surface area contributed by atoms with Crippen LogP contribution in [-0.4, -0.2) is 23.4 Å². The Balaban J connectivity index is 1.93. The fourth-order valence-corrected chi connectivity index (χ4v) is 3.62. The second kappa shape index (κ2) is 9.69. The van der Waals surface area contributed by atoms with Gasteiger partial charge in [-0.25, -0.2) is 0 Å². The van der Waals surface area contributed by atoms with Gasteiger partial charge in [-0.1, -0.05) is 6.07 Å². The van der Waals surface area contributed by atoms with Gasteiger partial charge < -0.3 is 10.1 Å². The summed E-state index contributed by atoms with van der Waals surface area (Å²) in [4.78, 5) is 49.7. The van der Waals surface area contributed by atoms with E-state index in [1.807, 2.05) is 0 Å². The van der Waals surface area contributed by atoms with Crippen LogP contribution in [0.15, 0.2) is 64.8 Å². The van der Waals surface area contributed by atoms with Crippen LogP contribution in [0, 0.1) is 0 Å². The Morgan fingerprint density at radius 3 is 2.06 bits per heavy atom. The van der Waals surface area contributed by atoms with Crippen molar-refractivity contribution in [3.63, 3.8) is 0 Å². The van der Waals surface area contributed by atoms with Crippen LogP contribution in [0.2, 0.25) is 0 Å². The Kier molecular flexibility index (Phi) is 7.09. The molecular formula is C26H22F3NO5. The lowest BCUT2D eigenvalue weighted by Crippen LogP contribution is -2.22. The first-order chi connectivity index (χ1) is 16.3. The van der Waals surface area contributed by atoms with Gasteiger partial charge in [0.25, 0.3) is 5.91 Å². The van der Waals surface area contributed by atoms with E-state index in [0.717, 1.165) is 31.2 Å². The Hall–Kier alpha value is -4.01. The van der Waals surface area contributed by atoms with Crippen molar-refractivity contribution in [1.82, 2.24) is 0 Å². The van der Waals surface area contributed by atoms with Crippen LogP contribution in [0.4, 0.5) is 18.9 Å². The van der Waals surface area contributed by atoms with Crippen LogP contribution in [0.25, 0.3) is 0 Å². The van der Waals surface area contributed by atoms with Crippen molar-refractivity contribution in [2.75, 3.05) is 5.32 Å². The van der Waals surface area contributed by atoms with Crippen LogP contribution in [-0.2, 0) is 27.0 Å². The number of hydrogen-bond acceptors (Lipinski definition) is 5. The predicted molar refractivity (Wildman–Crippen MR) is 122 cm³/mol. The van der Waals surface area contributed by atoms with Crippen molar-refractivity contribution in [2.45, 2.75) is 40.3 Å². The molecule has 2 aromatic carbocycles. The summed E-state index contributed by atoms with van der Waals surface area (Å²) in [5.41, 5.74) is 1.03. The fourth-order valence-electron chi connectivity index (χ4n) is 3.62. The van der Waals surface area contributed by atoms with E-state index in [1.54, 1.807) is 26.8 Å². The van der Waals surface area contributed by atoms with Gasteiger partial charge in [-0.05, 0) is 62.7 Å². The molecule has 0 fully saturated rings. The van der Waals surface area contributed by atoms with E-state index >= 15 is 0 Å². The molecule has 2 aromatic rings. The first kappa shape index (κ1) is 25.6. The highest BCUT2D eigenvalue weighted by molar-refractivity contribution is 6.24. The number of hydrogen-bond donors (Lipinski definition) is 1. The summed E-state index contributed by atoms with van der Waals surface area (Å²) in [7, 11) is 0. The largest absolute Gasteiger partial charge is 0.426 e. The highest BCUT2D eigenvalue weighted by atomic mass is 19.4. The summed E-state index contributed by atoms with van der Waals surface area (Å²) in [6.07, 6.45) is -4.46. The first-order valence-electron chi connectivity index (χ1n) is 10.6. The molecule has 1 amide bonds. The minimum atomic E-state index is -4.52. The van der Waals surface area contributed by atoms with Crippen LogP contribution in [0.3, 0.4) is 0 Å². The topological polar surface area (TPSA) is 89.5 Å². The number of ketones is 2. The first-order valence-corrected chi connectivity index (χ1v) is 10.6. The lowest BCUT2D eigenvalue weighted by Gasteiger charge is -2.19. The molecule has 0 aliphatic heterocycles. The van der Waals surface area contributed by atoms with Crippen molar-refractivity contribution < 1.29 is 37.1 Å². The predicted octanol–water partition coefficient (Wildman–Crippen LogP) is 5.23. The van der Waals surface area contributed by atoms with Gasteiger partial charge in [0.1, 0.15) is 5.75 Å². The summed E-state index contributed by atoms with van der Waals surface area (Å²) in [5.74, 6) is -1.96. The highest BCUT2D eigenvalue weighted by Crippen LogP contribution is 2.31. The van der Waals surface area contributed by atoms with Crippen LogP contribution >= 0.6 is 0 Å². The average molecular weight is 485 g/mol. The number of amides is 1. The SMILES string of the molecule is CC(=O)Oc1ccc(CC2=C(C)C(=O)C(C)=C(C)C2=O)cc1C(=O)Nc1ccc(C(F)(F)F)cc1. The van der Waals surface area contributed by atoms with Crippen molar-refractivity contribution >= 4 is 29.1 Å². The Labute approximate surface area is 199 Å². The number of esters is 1. The van der Waals surface area contributed by atoms with E-state index < -0.39 is 23.6 Å². The monoisotopic (exact) mass is 485 g/mol. The molecule has 6 nitrogen and oxygen atoms in total.